The Morgan fingerprint density at radius 3 is 1.75 bits per heavy atom. The summed E-state index contributed by atoms with van der Waals surface area (Å²) >= 11 is 0. The summed E-state index contributed by atoms with van der Waals surface area (Å²) in [7, 11) is 5.90. The van der Waals surface area contributed by atoms with Crippen LogP contribution in [0.3, 0.4) is 0 Å². The second-order valence-electron chi connectivity index (χ2n) is 14.6. The molecule has 12 heteroatoms. The van der Waals surface area contributed by atoms with Crippen molar-refractivity contribution in [2.75, 3.05) is 28.4 Å². The molecule has 1 aromatic carbocycles. The van der Waals surface area contributed by atoms with Gasteiger partial charge in [-0.05, 0) is 123 Å². The molecule has 2 aliphatic heterocycles. The van der Waals surface area contributed by atoms with E-state index in [4.69, 9.17) is 28.9 Å². The summed E-state index contributed by atoms with van der Waals surface area (Å²) in [6.45, 7) is 11.5. The highest BCUT2D eigenvalue weighted by atomic mass is 16.5. The molecular formula is C44H52N4O8. The molecule has 0 fully saturated rings. The van der Waals surface area contributed by atoms with Crippen molar-refractivity contribution in [3.8, 4) is 22.6 Å². The van der Waals surface area contributed by atoms with Crippen LogP contribution in [-0.2, 0) is 43.1 Å². The number of aromatic amines is 2. The van der Waals surface area contributed by atoms with E-state index in [2.05, 4.69) is 16.9 Å². The molecule has 12 nitrogen and oxygen atoms in total. The first-order valence-electron chi connectivity index (χ1n) is 18.9. The first kappa shape index (κ1) is 40.2. The molecule has 6 rings (SSSR count). The second kappa shape index (κ2) is 15.6. The van der Waals surface area contributed by atoms with Crippen LogP contribution in [0.1, 0.15) is 98.4 Å². The van der Waals surface area contributed by atoms with Gasteiger partial charge in [0, 0.05) is 46.5 Å². The number of methoxy groups -OCH3 is 4. The maximum absolute atomic E-state index is 12.6. The van der Waals surface area contributed by atoms with Gasteiger partial charge in [0.15, 0.2) is 0 Å². The normalized spacial score (nSPS) is 17.9. The van der Waals surface area contributed by atoms with Gasteiger partial charge in [0.25, 0.3) is 0 Å². The Morgan fingerprint density at radius 2 is 1.27 bits per heavy atom. The zero-order chi connectivity index (χ0) is 40.7. The van der Waals surface area contributed by atoms with E-state index in [1.165, 1.54) is 14.2 Å². The maximum atomic E-state index is 12.6. The number of benzene rings is 1. The van der Waals surface area contributed by atoms with Gasteiger partial charge in [0.05, 0.1) is 51.2 Å². The number of rotatable bonds is 11. The molecule has 56 heavy (non-hydrogen) atoms. The molecule has 4 aromatic rings. The predicted octanol–water partition coefficient (Wildman–Crippen LogP) is 7.67. The number of ether oxygens (including phenoxy) is 4. The highest BCUT2D eigenvalue weighted by Crippen LogP contribution is 2.51. The first-order chi connectivity index (χ1) is 26.6. The molecule has 2 unspecified atom stereocenters. The summed E-state index contributed by atoms with van der Waals surface area (Å²) in [5, 5.41) is 25.2. The van der Waals surface area contributed by atoms with Gasteiger partial charge >= 0.3 is 11.9 Å². The molecule has 2 aliphatic rings. The molecular weight excluding hydrogens is 713 g/mol. The highest BCUT2D eigenvalue weighted by Gasteiger charge is 2.54. The molecule has 0 amide bonds. The fourth-order valence-electron chi connectivity index (χ4n) is 8.11. The third-order valence-electron chi connectivity index (χ3n) is 11.6. The lowest BCUT2D eigenvalue weighted by atomic mass is 9.77. The number of nitrogens with zero attached hydrogens (tertiary/aromatic N) is 2. The molecule has 3 aromatic heterocycles. The Morgan fingerprint density at radius 1 is 0.732 bits per heavy atom. The minimum atomic E-state index is -1.88. The van der Waals surface area contributed by atoms with Gasteiger partial charge < -0.3 is 39.1 Å². The molecule has 4 N–H and O–H groups in total. The summed E-state index contributed by atoms with van der Waals surface area (Å²) in [6, 6.07) is 11.3. The number of esters is 2. The number of aliphatic hydroxyl groups is 2. The van der Waals surface area contributed by atoms with Gasteiger partial charge in [0.1, 0.15) is 22.7 Å². The van der Waals surface area contributed by atoms with E-state index < -0.39 is 11.2 Å². The van der Waals surface area contributed by atoms with E-state index in [9.17, 15) is 19.8 Å². The summed E-state index contributed by atoms with van der Waals surface area (Å²) in [5.74, 6) is 0.403. The Hall–Kier alpha value is -5.46. The van der Waals surface area contributed by atoms with Crippen molar-refractivity contribution in [1.82, 2.24) is 19.9 Å². The minimum Gasteiger partial charge on any atom is -0.497 e. The quantitative estimate of drug-likeness (QED) is 0.111. The van der Waals surface area contributed by atoms with Crippen LogP contribution in [-0.4, -0.2) is 70.5 Å². The topological polar surface area (TPSA) is 169 Å². The molecule has 2 atom stereocenters. The van der Waals surface area contributed by atoms with Gasteiger partial charge in [-0.1, -0.05) is 13.8 Å². The second-order valence-corrected chi connectivity index (χ2v) is 14.6. The summed E-state index contributed by atoms with van der Waals surface area (Å²) in [6.07, 6.45) is 1.93. The first-order valence-corrected chi connectivity index (χ1v) is 18.9. The molecule has 0 saturated heterocycles. The van der Waals surface area contributed by atoms with E-state index in [0.29, 0.717) is 53.1 Å². The van der Waals surface area contributed by atoms with Gasteiger partial charge in [-0.15, -0.1) is 0 Å². The van der Waals surface area contributed by atoms with E-state index >= 15 is 0 Å². The molecule has 0 spiro atoms. The summed E-state index contributed by atoms with van der Waals surface area (Å²) in [5.41, 5.74) is 7.82. The molecule has 0 saturated carbocycles. The van der Waals surface area contributed by atoms with Crippen molar-refractivity contribution in [2.45, 2.75) is 91.3 Å². The molecule has 0 aliphatic carbocycles. The van der Waals surface area contributed by atoms with E-state index in [0.717, 1.165) is 55.6 Å². The Bertz CT molecular complexity index is 2400. The fourth-order valence-corrected chi connectivity index (χ4v) is 8.11. The van der Waals surface area contributed by atoms with E-state index in [1.54, 1.807) is 33.3 Å². The molecule has 0 radical (unpaired) electrons. The zero-order valence-corrected chi connectivity index (χ0v) is 33.9. The number of carbonyl (C=O) groups excluding carboxylic acids is 2. The van der Waals surface area contributed by atoms with Gasteiger partial charge in [-0.25, -0.2) is 4.98 Å². The van der Waals surface area contributed by atoms with Crippen molar-refractivity contribution < 1.29 is 38.7 Å². The predicted molar refractivity (Wildman–Crippen MR) is 216 cm³/mol. The average Bonchev–Trinajstić information content (AvgIpc) is 3.83. The van der Waals surface area contributed by atoms with Crippen LogP contribution in [0, 0.1) is 13.8 Å². The van der Waals surface area contributed by atoms with Gasteiger partial charge in [0.2, 0.25) is 0 Å². The Balaban J connectivity index is 1.86. The smallest absolute Gasteiger partial charge is 0.305 e. The standard InChI is InChI=1S/C44H52N4O8/c1-11-29-25(5)41-40(26-17-27(53-7)19-28(18-26)54-8)42-43(6,51)44(52,12-2)37(48-42)22-33-24(4)31(14-16-39(50)56-10)36(46-33)21-35-30(13-15-38(49)55-9)23(3)32(45-35)20-34(29)47-41/h17-22,45-46,51-52H,11-16H2,1-10H3. The minimum absolute atomic E-state index is 0.141. The number of aryl methyl sites for hydroxylation is 4. The van der Waals surface area contributed by atoms with Crippen molar-refractivity contribution in [3.05, 3.63) is 81.4 Å². The van der Waals surface area contributed by atoms with Gasteiger partial charge in [-0.2, -0.15) is 0 Å². The number of fused-ring (bicyclic) bond motifs is 8. The lowest BCUT2D eigenvalue weighted by molar-refractivity contribution is -0.148. The SMILES string of the molecule is CCC1=C(C)c2nc1cc1[nH]c(cc3[nH]c(cc4nc(c2-c2cc(OC)cc(OC)c2)C(C)(O)C4(O)CC)c(C)c3CCC(=O)OC)c(CCC(=O)OC)c1C. The number of hydrogen-bond acceptors (Lipinski definition) is 10. The van der Waals surface area contributed by atoms with Crippen LogP contribution in [0.5, 0.6) is 11.5 Å². The number of hydrogen-bond donors (Lipinski definition) is 4. The summed E-state index contributed by atoms with van der Waals surface area (Å²) in [4.78, 5) is 42.4. The Kier molecular flexibility index (Phi) is 11.2. The lowest BCUT2D eigenvalue weighted by Gasteiger charge is -2.35. The van der Waals surface area contributed by atoms with Crippen molar-refractivity contribution in [3.63, 3.8) is 0 Å². The largest absolute Gasteiger partial charge is 0.497 e. The molecule has 8 bridgehead atoms. The number of H-pyrrole nitrogens is 2. The number of allylic oxidation sites excluding steroid dienone is 2. The summed E-state index contributed by atoms with van der Waals surface area (Å²) < 4.78 is 21.4. The maximum Gasteiger partial charge on any atom is 0.305 e. The average molecular weight is 765 g/mol. The van der Waals surface area contributed by atoms with Crippen LogP contribution >= 0.6 is 0 Å². The van der Waals surface area contributed by atoms with E-state index in [-0.39, 0.29) is 42.6 Å². The molecule has 5 heterocycles. The Labute approximate surface area is 326 Å². The number of carbonyl (C=O) groups is 2. The van der Waals surface area contributed by atoms with Crippen LogP contribution < -0.4 is 9.47 Å². The van der Waals surface area contributed by atoms with Crippen molar-refractivity contribution >= 4 is 45.2 Å². The van der Waals surface area contributed by atoms with Crippen LogP contribution in [0.15, 0.2) is 36.4 Å². The highest BCUT2D eigenvalue weighted by molar-refractivity contribution is 5.97. The van der Waals surface area contributed by atoms with E-state index in [1.807, 2.05) is 52.0 Å². The van der Waals surface area contributed by atoms with Crippen LogP contribution in [0.4, 0.5) is 0 Å². The van der Waals surface area contributed by atoms with Gasteiger partial charge in [-0.3, -0.25) is 14.6 Å². The zero-order valence-electron chi connectivity index (χ0n) is 33.9. The number of nitrogens with one attached hydrogen (secondary N) is 2. The molecule has 296 valence electrons. The third-order valence-corrected chi connectivity index (χ3v) is 11.6. The van der Waals surface area contributed by atoms with Crippen LogP contribution in [0.2, 0.25) is 0 Å². The monoisotopic (exact) mass is 764 g/mol. The van der Waals surface area contributed by atoms with Crippen molar-refractivity contribution in [2.24, 2.45) is 0 Å². The third kappa shape index (κ3) is 6.85. The van der Waals surface area contributed by atoms with Crippen LogP contribution in [0.25, 0.3) is 44.3 Å². The van der Waals surface area contributed by atoms with Crippen molar-refractivity contribution in [1.29, 1.82) is 0 Å². The lowest BCUT2D eigenvalue weighted by Crippen LogP contribution is -2.43. The fraction of sp³-hybridized carbons (Fsp3) is 0.409. The number of aromatic nitrogens is 4.